The zero-order chi connectivity index (χ0) is 18.7. The second-order valence-corrected chi connectivity index (χ2v) is 7.91. The van der Waals surface area contributed by atoms with Gasteiger partial charge in [0.25, 0.3) is 0 Å². The summed E-state index contributed by atoms with van der Waals surface area (Å²) in [6, 6.07) is 6.04. The van der Waals surface area contributed by atoms with Gasteiger partial charge in [0.1, 0.15) is 0 Å². The van der Waals surface area contributed by atoms with Crippen LogP contribution in [0.2, 0.25) is 0 Å². The van der Waals surface area contributed by atoms with Gasteiger partial charge in [0.15, 0.2) is 5.16 Å². The quantitative estimate of drug-likeness (QED) is 0.777. The first-order valence-corrected chi connectivity index (χ1v) is 10.1. The third-order valence-electron chi connectivity index (χ3n) is 4.82. The molecule has 1 amide bonds. The number of hydrogen-bond acceptors (Lipinski definition) is 4. The van der Waals surface area contributed by atoms with E-state index in [-0.39, 0.29) is 12.0 Å². The van der Waals surface area contributed by atoms with E-state index in [1.165, 1.54) is 17.3 Å². The van der Waals surface area contributed by atoms with Crippen molar-refractivity contribution in [3.05, 3.63) is 40.7 Å². The minimum absolute atomic E-state index is 0.0103. The lowest BCUT2D eigenvalue weighted by Crippen LogP contribution is -2.18. The molecule has 1 aliphatic rings. The van der Waals surface area contributed by atoms with Crippen molar-refractivity contribution in [2.75, 3.05) is 17.7 Å². The van der Waals surface area contributed by atoms with E-state index in [0.717, 1.165) is 53.8 Å². The highest BCUT2D eigenvalue weighted by atomic mass is 32.2. The summed E-state index contributed by atoms with van der Waals surface area (Å²) >= 11 is 1.49. The van der Waals surface area contributed by atoms with E-state index >= 15 is 0 Å². The van der Waals surface area contributed by atoms with Crippen molar-refractivity contribution in [1.29, 1.82) is 0 Å². The zero-order valence-corrected chi connectivity index (χ0v) is 16.8. The number of amides is 1. The van der Waals surface area contributed by atoms with Gasteiger partial charge in [0, 0.05) is 18.0 Å². The Morgan fingerprint density at radius 2 is 2.15 bits per heavy atom. The summed E-state index contributed by atoms with van der Waals surface area (Å²) in [6.45, 7) is 9.81. The molecule has 1 fully saturated rings. The van der Waals surface area contributed by atoms with Gasteiger partial charge in [-0.05, 0) is 52.2 Å². The molecule has 0 radical (unpaired) electrons. The normalized spacial score (nSPS) is 16.8. The first-order valence-electron chi connectivity index (χ1n) is 9.09. The van der Waals surface area contributed by atoms with Gasteiger partial charge >= 0.3 is 0 Å². The van der Waals surface area contributed by atoms with Crippen LogP contribution in [-0.4, -0.2) is 33.9 Å². The van der Waals surface area contributed by atoms with Crippen molar-refractivity contribution in [1.82, 2.24) is 9.55 Å². The molecule has 6 heteroatoms. The van der Waals surface area contributed by atoms with Crippen LogP contribution in [0.25, 0.3) is 0 Å². The molecule has 2 heterocycles. The standard InChI is InChI=1S/C20H27N3O2S/c1-13-7-8-18(14(2)10-13)22-19(24)12-26-20-21-15(3)16(4)23(20)11-17-6-5-9-25-17/h7-8,10,17H,5-6,9,11-12H2,1-4H3,(H,22,24)/t17-/m1/s1. The Bertz CT molecular complexity index is 795. The third-order valence-corrected chi connectivity index (χ3v) is 5.80. The highest BCUT2D eigenvalue weighted by molar-refractivity contribution is 7.99. The smallest absolute Gasteiger partial charge is 0.234 e. The van der Waals surface area contributed by atoms with Crippen molar-refractivity contribution in [2.45, 2.75) is 58.3 Å². The summed E-state index contributed by atoms with van der Waals surface area (Å²) in [6.07, 6.45) is 2.47. The molecule has 1 saturated heterocycles. The Morgan fingerprint density at radius 3 is 2.85 bits per heavy atom. The fourth-order valence-corrected chi connectivity index (χ4v) is 4.11. The molecule has 3 rings (SSSR count). The number of ether oxygens (including phenoxy) is 1. The summed E-state index contributed by atoms with van der Waals surface area (Å²) in [7, 11) is 0. The van der Waals surface area contributed by atoms with Gasteiger partial charge < -0.3 is 14.6 Å². The van der Waals surface area contributed by atoms with Crippen LogP contribution in [0.3, 0.4) is 0 Å². The molecule has 140 valence electrons. The Morgan fingerprint density at radius 1 is 1.35 bits per heavy atom. The van der Waals surface area contributed by atoms with Crippen molar-refractivity contribution >= 4 is 23.4 Å². The Hall–Kier alpha value is -1.79. The predicted molar refractivity (Wildman–Crippen MR) is 106 cm³/mol. The monoisotopic (exact) mass is 373 g/mol. The second kappa shape index (κ2) is 8.27. The summed E-state index contributed by atoms with van der Waals surface area (Å²) in [5, 5.41) is 3.89. The van der Waals surface area contributed by atoms with E-state index in [1.54, 1.807) is 0 Å². The molecule has 26 heavy (non-hydrogen) atoms. The van der Waals surface area contributed by atoms with Crippen molar-refractivity contribution < 1.29 is 9.53 Å². The molecule has 2 aromatic rings. The molecule has 0 saturated carbocycles. The van der Waals surface area contributed by atoms with Crippen LogP contribution in [0.4, 0.5) is 5.69 Å². The maximum absolute atomic E-state index is 12.4. The van der Waals surface area contributed by atoms with Gasteiger partial charge in [0.2, 0.25) is 5.91 Å². The Labute approximate surface area is 159 Å². The number of aromatic nitrogens is 2. The van der Waals surface area contributed by atoms with Crippen LogP contribution in [0.5, 0.6) is 0 Å². The van der Waals surface area contributed by atoms with Gasteiger partial charge in [-0.15, -0.1) is 0 Å². The number of nitrogens with zero attached hydrogens (tertiary/aromatic N) is 2. The molecule has 1 atom stereocenters. The molecule has 1 N–H and O–H groups in total. The predicted octanol–water partition coefficient (Wildman–Crippen LogP) is 4.03. The number of benzene rings is 1. The second-order valence-electron chi connectivity index (χ2n) is 6.97. The molecule has 5 nitrogen and oxygen atoms in total. The maximum Gasteiger partial charge on any atom is 0.234 e. The number of aryl methyl sites for hydroxylation is 3. The highest BCUT2D eigenvalue weighted by Gasteiger charge is 2.20. The highest BCUT2D eigenvalue weighted by Crippen LogP contribution is 2.25. The number of carbonyl (C=O) groups is 1. The van der Waals surface area contributed by atoms with Gasteiger partial charge in [-0.3, -0.25) is 4.79 Å². The number of hydrogen-bond donors (Lipinski definition) is 1. The number of thioether (sulfide) groups is 1. The molecule has 0 spiro atoms. The lowest BCUT2D eigenvalue weighted by molar-refractivity contribution is -0.113. The third kappa shape index (κ3) is 4.48. The molecule has 1 aliphatic heterocycles. The fourth-order valence-electron chi connectivity index (χ4n) is 3.21. The van der Waals surface area contributed by atoms with Gasteiger partial charge in [-0.2, -0.15) is 0 Å². The Kier molecular flexibility index (Phi) is 6.04. The van der Waals surface area contributed by atoms with E-state index in [9.17, 15) is 4.79 Å². The van der Waals surface area contributed by atoms with E-state index < -0.39 is 0 Å². The van der Waals surface area contributed by atoms with Crippen LogP contribution in [0, 0.1) is 27.7 Å². The summed E-state index contributed by atoms with van der Waals surface area (Å²) < 4.78 is 7.96. The van der Waals surface area contributed by atoms with Crippen molar-refractivity contribution in [2.24, 2.45) is 0 Å². The van der Waals surface area contributed by atoms with Crippen LogP contribution < -0.4 is 5.32 Å². The van der Waals surface area contributed by atoms with E-state index in [0.29, 0.717) is 5.75 Å². The molecular weight excluding hydrogens is 346 g/mol. The minimum atomic E-state index is -0.0103. The maximum atomic E-state index is 12.4. The number of nitrogens with one attached hydrogen (secondary N) is 1. The minimum Gasteiger partial charge on any atom is -0.376 e. The largest absolute Gasteiger partial charge is 0.376 e. The number of carbonyl (C=O) groups excluding carboxylic acids is 1. The SMILES string of the molecule is Cc1ccc(NC(=O)CSc2nc(C)c(C)n2C[C@H]2CCCO2)c(C)c1. The van der Waals surface area contributed by atoms with Crippen LogP contribution in [0.15, 0.2) is 23.4 Å². The van der Waals surface area contributed by atoms with Gasteiger partial charge in [-0.25, -0.2) is 4.98 Å². The van der Waals surface area contributed by atoms with E-state index in [2.05, 4.69) is 27.9 Å². The van der Waals surface area contributed by atoms with Gasteiger partial charge in [0.05, 0.1) is 24.1 Å². The summed E-state index contributed by atoms with van der Waals surface area (Å²) in [5.74, 6) is 0.332. The fraction of sp³-hybridized carbons (Fsp3) is 0.500. The first-order chi connectivity index (χ1) is 12.4. The average molecular weight is 374 g/mol. The number of imidazole rings is 1. The molecular formula is C20H27N3O2S. The molecule has 1 aromatic carbocycles. The Balaban J connectivity index is 1.63. The van der Waals surface area contributed by atoms with Crippen molar-refractivity contribution in [3.63, 3.8) is 0 Å². The summed E-state index contributed by atoms with van der Waals surface area (Å²) in [4.78, 5) is 17.0. The first kappa shape index (κ1) is 19.0. The lowest BCUT2D eigenvalue weighted by Gasteiger charge is -2.14. The topological polar surface area (TPSA) is 56.2 Å². The van der Waals surface area contributed by atoms with Crippen molar-refractivity contribution in [3.8, 4) is 0 Å². The number of anilines is 1. The van der Waals surface area contributed by atoms with E-state index in [1.807, 2.05) is 32.9 Å². The molecule has 1 aromatic heterocycles. The molecule has 0 unspecified atom stereocenters. The molecule has 0 bridgehead atoms. The van der Waals surface area contributed by atoms with E-state index in [4.69, 9.17) is 4.74 Å². The van der Waals surface area contributed by atoms with Crippen LogP contribution in [-0.2, 0) is 16.1 Å². The summed E-state index contributed by atoms with van der Waals surface area (Å²) in [5.41, 5.74) is 5.31. The van der Waals surface area contributed by atoms with Crippen LogP contribution in [0.1, 0.15) is 35.4 Å². The van der Waals surface area contributed by atoms with Gasteiger partial charge in [-0.1, -0.05) is 29.5 Å². The average Bonchev–Trinajstić information content (AvgIpc) is 3.20. The lowest BCUT2D eigenvalue weighted by atomic mass is 10.1. The number of rotatable bonds is 6. The molecule has 0 aliphatic carbocycles. The zero-order valence-electron chi connectivity index (χ0n) is 16.0. The van der Waals surface area contributed by atoms with Crippen LogP contribution >= 0.6 is 11.8 Å².